The van der Waals surface area contributed by atoms with E-state index in [1.165, 1.54) is 11.0 Å². The van der Waals surface area contributed by atoms with E-state index < -0.39 is 17.9 Å². The zero-order valence-electron chi connectivity index (χ0n) is 10.9. The summed E-state index contributed by atoms with van der Waals surface area (Å²) in [5.74, 6) is -1.28. The second-order valence-electron chi connectivity index (χ2n) is 4.77. The standard InChI is InChI=1S/C15H13NO4/c1-9-4-2-5-10-8-12(20-13(9)10)14(17)16-7-3-6-11(16)15(18)19/h2-6,8,11H,7H2,1H3,(H,18,19)/t11-/m1/s1. The van der Waals surface area contributed by atoms with Crippen LogP contribution in [-0.2, 0) is 4.79 Å². The van der Waals surface area contributed by atoms with Crippen molar-refractivity contribution in [3.05, 3.63) is 47.7 Å². The zero-order chi connectivity index (χ0) is 14.3. The van der Waals surface area contributed by atoms with Crippen molar-refractivity contribution < 1.29 is 19.1 Å². The molecule has 1 aromatic carbocycles. The molecule has 0 fully saturated rings. The average molecular weight is 271 g/mol. The van der Waals surface area contributed by atoms with Crippen LogP contribution in [0.5, 0.6) is 0 Å². The van der Waals surface area contributed by atoms with Gasteiger partial charge in [-0.3, -0.25) is 4.79 Å². The number of benzene rings is 1. The van der Waals surface area contributed by atoms with E-state index in [1.54, 1.807) is 12.1 Å². The van der Waals surface area contributed by atoms with Gasteiger partial charge in [-0.1, -0.05) is 30.4 Å². The summed E-state index contributed by atoms with van der Waals surface area (Å²) in [6, 6.07) is 6.38. The highest BCUT2D eigenvalue weighted by molar-refractivity contribution is 5.99. The summed E-state index contributed by atoms with van der Waals surface area (Å²) in [4.78, 5) is 24.7. The number of rotatable bonds is 2. The van der Waals surface area contributed by atoms with Crippen molar-refractivity contribution in [2.45, 2.75) is 13.0 Å². The van der Waals surface area contributed by atoms with Gasteiger partial charge >= 0.3 is 5.97 Å². The normalized spacial score (nSPS) is 17.9. The fourth-order valence-corrected chi connectivity index (χ4v) is 2.40. The Morgan fingerprint density at radius 2 is 2.20 bits per heavy atom. The van der Waals surface area contributed by atoms with Crippen molar-refractivity contribution in [1.82, 2.24) is 4.90 Å². The summed E-state index contributed by atoms with van der Waals surface area (Å²) >= 11 is 0. The predicted molar refractivity (Wildman–Crippen MR) is 72.6 cm³/mol. The van der Waals surface area contributed by atoms with Crippen molar-refractivity contribution in [2.75, 3.05) is 6.54 Å². The Balaban J connectivity index is 1.97. The number of furan rings is 1. The average Bonchev–Trinajstić information content (AvgIpc) is 3.05. The number of aliphatic carboxylic acids is 1. The molecular formula is C15H13NO4. The Morgan fingerprint density at radius 3 is 2.90 bits per heavy atom. The molecule has 102 valence electrons. The molecular weight excluding hydrogens is 258 g/mol. The summed E-state index contributed by atoms with van der Waals surface area (Å²) in [7, 11) is 0. The van der Waals surface area contributed by atoms with Gasteiger partial charge in [0.1, 0.15) is 11.6 Å². The van der Waals surface area contributed by atoms with Crippen molar-refractivity contribution in [3.8, 4) is 0 Å². The van der Waals surface area contributed by atoms with Crippen LogP contribution < -0.4 is 0 Å². The van der Waals surface area contributed by atoms with Crippen molar-refractivity contribution in [1.29, 1.82) is 0 Å². The summed E-state index contributed by atoms with van der Waals surface area (Å²) in [5, 5.41) is 9.93. The van der Waals surface area contributed by atoms with E-state index in [9.17, 15) is 9.59 Å². The molecule has 1 aliphatic rings. The van der Waals surface area contributed by atoms with Crippen LogP contribution in [0.4, 0.5) is 0 Å². The van der Waals surface area contributed by atoms with E-state index in [-0.39, 0.29) is 12.3 Å². The lowest BCUT2D eigenvalue weighted by Gasteiger charge is -2.19. The van der Waals surface area contributed by atoms with Gasteiger partial charge in [-0.2, -0.15) is 0 Å². The van der Waals surface area contributed by atoms with Gasteiger partial charge in [0.05, 0.1) is 0 Å². The van der Waals surface area contributed by atoms with Crippen LogP contribution in [0.25, 0.3) is 11.0 Å². The number of carboxylic acid groups (broad SMARTS) is 1. The van der Waals surface area contributed by atoms with E-state index >= 15 is 0 Å². The summed E-state index contributed by atoms with van der Waals surface area (Å²) in [6.07, 6.45) is 3.18. The maximum atomic E-state index is 12.4. The summed E-state index contributed by atoms with van der Waals surface area (Å²) < 4.78 is 5.59. The van der Waals surface area contributed by atoms with Crippen molar-refractivity contribution in [3.63, 3.8) is 0 Å². The lowest BCUT2D eigenvalue weighted by molar-refractivity contribution is -0.140. The SMILES string of the molecule is Cc1cccc2cc(C(=O)N3CC=C[C@@H]3C(=O)O)oc12. The smallest absolute Gasteiger partial charge is 0.330 e. The Hall–Kier alpha value is -2.56. The first-order chi connectivity index (χ1) is 9.58. The number of carbonyl (C=O) groups is 2. The van der Waals surface area contributed by atoms with Gasteiger partial charge < -0.3 is 14.4 Å². The fraction of sp³-hybridized carbons (Fsp3) is 0.200. The molecule has 1 N–H and O–H groups in total. The number of fused-ring (bicyclic) bond motifs is 1. The molecule has 0 spiro atoms. The second kappa shape index (κ2) is 4.52. The largest absolute Gasteiger partial charge is 0.479 e. The molecule has 2 heterocycles. The second-order valence-corrected chi connectivity index (χ2v) is 4.77. The lowest BCUT2D eigenvalue weighted by Crippen LogP contribution is -2.40. The maximum Gasteiger partial charge on any atom is 0.330 e. The van der Waals surface area contributed by atoms with Gasteiger partial charge in [-0.15, -0.1) is 0 Å². The highest BCUT2D eigenvalue weighted by Crippen LogP contribution is 2.24. The number of nitrogens with zero attached hydrogens (tertiary/aromatic N) is 1. The Morgan fingerprint density at radius 1 is 1.40 bits per heavy atom. The van der Waals surface area contributed by atoms with Gasteiger partial charge in [0.15, 0.2) is 5.76 Å². The van der Waals surface area contributed by atoms with E-state index in [0.29, 0.717) is 5.58 Å². The first-order valence-corrected chi connectivity index (χ1v) is 6.27. The van der Waals surface area contributed by atoms with Gasteiger partial charge in [0, 0.05) is 11.9 Å². The van der Waals surface area contributed by atoms with E-state index in [4.69, 9.17) is 9.52 Å². The van der Waals surface area contributed by atoms with Gasteiger partial charge in [-0.05, 0) is 18.6 Å². The molecule has 1 amide bonds. The highest BCUT2D eigenvalue weighted by Gasteiger charge is 2.32. The van der Waals surface area contributed by atoms with Crippen molar-refractivity contribution >= 4 is 22.8 Å². The van der Waals surface area contributed by atoms with Crippen LogP contribution in [0.15, 0.2) is 40.8 Å². The van der Waals surface area contributed by atoms with Gasteiger partial charge in [0.2, 0.25) is 0 Å². The number of hydrogen-bond donors (Lipinski definition) is 1. The molecule has 1 aromatic heterocycles. The lowest BCUT2D eigenvalue weighted by atomic mass is 10.2. The number of amides is 1. The third-order valence-corrected chi connectivity index (χ3v) is 3.42. The highest BCUT2D eigenvalue weighted by atomic mass is 16.4. The Bertz CT molecular complexity index is 729. The Kier molecular flexibility index (Phi) is 2.82. The third-order valence-electron chi connectivity index (χ3n) is 3.42. The maximum absolute atomic E-state index is 12.4. The van der Waals surface area contributed by atoms with Crippen LogP contribution >= 0.6 is 0 Å². The predicted octanol–water partition coefficient (Wildman–Crippen LogP) is 2.21. The van der Waals surface area contributed by atoms with Crippen LogP contribution in [0.3, 0.4) is 0 Å². The molecule has 0 bridgehead atoms. The molecule has 20 heavy (non-hydrogen) atoms. The minimum Gasteiger partial charge on any atom is -0.479 e. The van der Waals surface area contributed by atoms with E-state index in [2.05, 4.69) is 0 Å². The molecule has 0 saturated carbocycles. The number of aryl methyl sites for hydroxylation is 1. The first kappa shape index (κ1) is 12.5. The minimum atomic E-state index is -1.04. The summed E-state index contributed by atoms with van der Waals surface area (Å²) in [5.41, 5.74) is 1.60. The van der Waals surface area contributed by atoms with Crippen LogP contribution in [0, 0.1) is 6.92 Å². The molecule has 1 aliphatic heterocycles. The van der Waals surface area contributed by atoms with E-state index in [1.807, 2.05) is 25.1 Å². The van der Waals surface area contributed by atoms with Gasteiger partial charge in [0.25, 0.3) is 5.91 Å². The third kappa shape index (κ3) is 1.87. The Labute approximate surface area is 115 Å². The van der Waals surface area contributed by atoms with Gasteiger partial charge in [-0.25, -0.2) is 4.79 Å². The van der Waals surface area contributed by atoms with Crippen LogP contribution in [0.1, 0.15) is 16.1 Å². The molecule has 1 atom stereocenters. The quantitative estimate of drug-likeness (QED) is 0.850. The molecule has 5 heteroatoms. The number of para-hydroxylation sites is 1. The molecule has 5 nitrogen and oxygen atoms in total. The minimum absolute atomic E-state index is 0.171. The number of carboxylic acids is 1. The zero-order valence-corrected chi connectivity index (χ0v) is 10.9. The molecule has 0 aliphatic carbocycles. The monoisotopic (exact) mass is 271 g/mol. The number of hydrogen-bond acceptors (Lipinski definition) is 3. The van der Waals surface area contributed by atoms with Crippen molar-refractivity contribution in [2.24, 2.45) is 0 Å². The molecule has 0 saturated heterocycles. The molecule has 3 rings (SSSR count). The van der Waals surface area contributed by atoms with Crippen LogP contribution in [0.2, 0.25) is 0 Å². The molecule has 0 radical (unpaired) electrons. The van der Waals surface area contributed by atoms with Crippen LogP contribution in [-0.4, -0.2) is 34.5 Å². The number of carbonyl (C=O) groups excluding carboxylic acids is 1. The topological polar surface area (TPSA) is 70.8 Å². The fourth-order valence-electron chi connectivity index (χ4n) is 2.40. The summed E-state index contributed by atoms with van der Waals surface area (Å²) in [6.45, 7) is 2.18. The molecule has 0 unspecified atom stereocenters. The molecule has 2 aromatic rings. The van der Waals surface area contributed by atoms with E-state index in [0.717, 1.165) is 10.9 Å². The first-order valence-electron chi connectivity index (χ1n) is 6.27.